The molecule has 0 bridgehead atoms. The molecule has 1 N–H and O–H groups in total. The lowest BCUT2D eigenvalue weighted by atomic mass is 10.1. The molecular formula is C21H20N6OS. The van der Waals surface area contributed by atoms with Gasteiger partial charge >= 0.3 is 0 Å². The highest BCUT2D eigenvalue weighted by Crippen LogP contribution is 2.21. The van der Waals surface area contributed by atoms with Gasteiger partial charge in [0.05, 0.1) is 22.8 Å². The standard InChI is InChI=1S/C21H20N6OS/c1-15-24-20(13-29-15)18-6-2-16(3-7-18)10-11-22-21(28)12-17-4-8-19(9-5-17)27-14-23-25-26-27/h2-9,13-14H,10-12H2,1H3,(H,22,28). The summed E-state index contributed by atoms with van der Waals surface area (Å²) < 4.78 is 1.57. The maximum absolute atomic E-state index is 12.2. The lowest BCUT2D eigenvalue weighted by Gasteiger charge is -2.07. The Labute approximate surface area is 172 Å². The molecule has 0 aliphatic heterocycles. The summed E-state index contributed by atoms with van der Waals surface area (Å²) in [6.45, 7) is 2.62. The van der Waals surface area contributed by atoms with Crippen LogP contribution in [-0.2, 0) is 17.6 Å². The van der Waals surface area contributed by atoms with Crippen molar-refractivity contribution in [3.05, 3.63) is 76.4 Å². The normalized spacial score (nSPS) is 10.8. The van der Waals surface area contributed by atoms with Gasteiger partial charge in [-0.15, -0.1) is 16.4 Å². The number of tetrazole rings is 1. The number of nitrogens with zero attached hydrogens (tertiary/aromatic N) is 5. The third-order valence-corrected chi connectivity index (χ3v) is 5.29. The number of rotatable bonds is 7. The summed E-state index contributed by atoms with van der Waals surface area (Å²) in [5.74, 6) is 0.00902. The third-order valence-electron chi connectivity index (χ3n) is 4.52. The number of aromatic nitrogens is 5. The van der Waals surface area contributed by atoms with Crippen LogP contribution in [0, 0.1) is 6.92 Å². The summed E-state index contributed by atoms with van der Waals surface area (Å²) in [7, 11) is 0. The Morgan fingerprint density at radius 2 is 1.83 bits per heavy atom. The molecule has 7 nitrogen and oxygen atoms in total. The van der Waals surface area contributed by atoms with E-state index in [4.69, 9.17) is 0 Å². The molecule has 0 aliphatic rings. The fraction of sp³-hybridized carbons (Fsp3) is 0.190. The molecule has 8 heteroatoms. The Morgan fingerprint density at radius 3 is 2.48 bits per heavy atom. The first-order valence-corrected chi connectivity index (χ1v) is 10.2. The Hall–Kier alpha value is -3.39. The zero-order valence-electron chi connectivity index (χ0n) is 15.9. The predicted molar refractivity (Wildman–Crippen MR) is 112 cm³/mol. The molecule has 0 aliphatic carbocycles. The van der Waals surface area contributed by atoms with Gasteiger partial charge in [0.15, 0.2) is 0 Å². The number of nitrogens with one attached hydrogen (secondary N) is 1. The monoisotopic (exact) mass is 404 g/mol. The van der Waals surface area contributed by atoms with Crippen LogP contribution in [0.25, 0.3) is 16.9 Å². The number of aryl methyl sites for hydroxylation is 1. The Balaban J connectivity index is 1.24. The van der Waals surface area contributed by atoms with Gasteiger partial charge in [-0.2, -0.15) is 0 Å². The van der Waals surface area contributed by atoms with Crippen LogP contribution in [-0.4, -0.2) is 37.6 Å². The number of amides is 1. The van der Waals surface area contributed by atoms with E-state index < -0.39 is 0 Å². The van der Waals surface area contributed by atoms with Crippen molar-refractivity contribution < 1.29 is 4.79 Å². The van der Waals surface area contributed by atoms with Gasteiger partial charge in [0.2, 0.25) is 5.91 Å². The molecule has 0 saturated carbocycles. The second-order valence-electron chi connectivity index (χ2n) is 6.65. The van der Waals surface area contributed by atoms with Gasteiger partial charge in [-0.3, -0.25) is 4.79 Å². The number of hydrogen-bond donors (Lipinski definition) is 1. The lowest BCUT2D eigenvalue weighted by Crippen LogP contribution is -2.27. The molecule has 0 fully saturated rings. The van der Waals surface area contributed by atoms with Gasteiger partial charge in [0, 0.05) is 17.5 Å². The number of thiazole rings is 1. The summed E-state index contributed by atoms with van der Waals surface area (Å²) in [6, 6.07) is 16.0. The molecular weight excluding hydrogens is 384 g/mol. The second-order valence-corrected chi connectivity index (χ2v) is 7.71. The van der Waals surface area contributed by atoms with E-state index in [-0.39, 0.29) is 5.91 Å². The summed E-state index contributed by atoms with van der Waals surface area (Å²) >= 11 is 1.65. The van der Waals surface area contributed by atoms with E-state index in [0.717, 1.165) is 33.9 Å². The van der Waals surface area contributed by atoms with Crippen molar-refractivity contribution in [2.75, 3.05) is 6.54 Å². The topological polar surface area (TPSA) is 85.6 Å². The van der Waals surface area contributed by atoms with Crippen molar-refractivity contribution >= 4 is 17.2 Å². The maximum atomic E-state index is 12.2. The number of carbonyl (C=O) groups is 1. The number of benzene rings is 2. The summed E-state index contributed by atoms with van der Waals surface area (Å²) in [6.07, 6.45) is 2.67. The van der Waals surface area contributed by atoms with E-state index in [2.05, 4.69) is 55.5 Å². The van der Waals surface area contributed by atoms with E-state index in [1.807, 2.05) is 31.2 Å². The van der Waals surface area contributed by atoms with E-state index >= 15 is 0 Å². The summed E-state index contributed by atoms with van der Waals surface area (Å²) in [5, 5.41) is 17.2. The quantitative estimate of drug-likeness (QED) is 0.512. The molecule has 0 radical (unpaired) electrons. The first-order valence-electron chi connectivity index (χ1n) is 9.28. The molecule has 2 aromatic carbocycles. The minimum atomic E-state index is 0.00902. The first-order chi connectivity index (χ1) is 14.2. The summed E-state index contributed by atoms with van der Waals surface area (Å²) in [5.41, 5.74) is 5.12. The first kappa shape index (κ1) is 18.9. The largest absolute Gasteiger partial charge is 0.355 e. The van der Waals surface area contributed by atoms with Gasteiger partial charge in [0.1, 0.15) is 6.33 Å². The lowest BCUT2D eigenvalue weighted by molar-refractivity contribution is -0.120. The molecule has 146 valence electrons. The van der Waals surface area contributed by atoms with Crippen molar-refractivity contribution in [1.82, 2.24) is 30.5 Å². The molecule has 2 heterocycles. The second kappa shape index (κ2) is 8.74. The Morgan fingerprint density at radius 1 is 1.07 bits per heavy atom. The van der Waals surface area contributed by atoms with Gasteiger partial charge in [-0.1, -0.05) is 36.4 Å². The molecule has 29 heavy (non-hydrogen) atoms. The van der Waals surface area contributed by atoms with Gasteiger partial charge < -0.3 is 5.32 Å². The van der Waals surface area contributed by atoms with Crippen LogP contribution in [0.1, 0.15) is 16.1 Å². The van der Waals surface area contributed by atoms with Crippen molar-refractivity contribution in [2.45, 2.75) is 19.8 Å². The van der Waals surface area contributed by atoms with Gasteiger partial charge in [-0.25, -0.2) is 9.67 Å². The van der Waals surface area contributed by atoms with Crippen molar-refractivity contribution in [3.63, 3.8) is 0 Å². The zero-order valence-corrected chi connectivity index (χ0v) is 16.8. The molecule has 0 saturated heterocycles. The zero-order chi connectivity index (χ0) is 20.1. The van der Waals surface area contributed by atoms with Crippen LogP contribution in [0.2, 0.25) is 0 Å². The van der Waals surface area contributed by atoms with E-state index in [9.17, 15) is 4.79 Å². The van der Waals surface area contributed by atoms with Crippen molar-refractivity contribution in [3.8, 4) is 16.9 Å². The molecule has 4 aromatic rings. The van der Waals surface area contributed by atoms with Crippen LogP contribution >= 0.6 is 11.3 Å². The Kier molecular flexibility index (Phi) is 5.71. The highest BCUT2D eigenvalue weighted by Gasteiger charge is 2.05. The fourth-order valence-corrected chi connectivity index (χ4v) is 3.60. The van der Waals surface area contributed by atoms with Crippen LogP contribution in [0.15, 0.2) is 60.2 Å². The molecule has 0 spiro atoms. The van der Waals surface area contributed by atoms with Gasteiger partial charge in [0.25, 0.3) is 0 Å². The highest BCUT2D eigenvalue weighted by molar-refractivity contribution is 7.09. The highest BCUT2D eigenvalue weighted by atomic mass is 32.1. The molecule has 2 aromatic heterocycles. The third kappa shape index (κ3) is 4.91. The van der Waals surface area contributed by atoms with Crippen LogP contribution in [0.3, 0.4) is 0 Å². The van der Waals surface area contributed by atoms with Crippen molar-refractivity contribution in [1.29, 1.82) is 0 Å². The average Bonchev–Trinajstić information content (AvgIpc) is 3.41. The average molecular weight is 404 g/mol. The predicted octanol–water partition coefficient (Wildman–Crippen LogP) is 3.00. The molecule has 4 rings (SSSR count). The number of hydrogen-bond acceptors (Lipinski definition) is 6. The number of carbonyl (C=O) groups excluding carboxylic acids is 1. The fourth-order valence-electron chi connectivity index (χ4n) is 2.98. The summed E-state index contributed by atoms with van der Waals surface area (Å²) in [4.78, 5) is 16.7. The SMILES string of the molecule is Cc1nc(-c2ccc(CCNC(=O)Cc3ccc(-n4cnnn4)cc3)cc2)cs1. The minimum Gasteiger partial charge on any atom is -0.355 e. The maximum Gasteiger partial charge on any atom is 0.224 e. The Bertz CT molecular complexity index is 1070. The van der Waals surface area contributed by atoms with E-state index in [1.165, 1.54) is 11.9 Å². The van der Waals surface area contributed by atoms with Crippen LogP contribution in [0.5, 0.6) is 0 Å². The molecule has 0 unspecified atom stereocenters. The smallest absolute Gasteiger partial charge is 0.224 e. The molecule has 0 atom stereocenters. The van der Waals surface area contributed by atoms with Crippen molar-refractivity contribution in [2.24, 2.45) is 0 Å². The van der Waals surface area contributed by atoms with E-state index in [1.54, 1.807) is 16.0 Å². The van der Waals surface area contributed by atoms with E-state index in [0.29, 0.717) is 13.0 Å². The minimum absolute atomic E-state index is 0.00902. The van der Waals surface area contributed by atoms with Crippen LogP contribution in [0.4, 0.5) is 0 Å². The van der Waals surface area contributed by atoms with Crippen LogP contribution < -0.4 is 5.32 Å². The molecule has 1 amide bonds. The van der Waals surface area contributed by atoms with Gasteiger partial charge in [-0.05, 0) is 47.0 Å².